The minimum Gasteiger partial charge on any atom is -0.493 e. The van der Waals surface area contributed by atoms with E-state index in [1.807, 2.05) is 6.92 Å². The van der Waals surface area contributed by atoms with Gasteiger partial charge in [-0.3, -0.25) is 5.32 Å². The van der Waals surface area contributed by atoms with E-state index in [1.54, 1.807) is 31.2 Å². The highest BCUT2D eigenvalue weighted by molar-refractivity contribution is 5.91. The fourth-order valence-corrected chi connectivity index (χ4v) is 3.01. The minimum atomic E-state index is -0.620. The van der Waals surface area contributed by atoms with Crippen LogP contribution in [0.4, 0.5) is 10.5 Å². The van der Waals surface area contributed by atoms with E-state index < -0.39 is 17.7 Å². The molecular formula is C23H23NO8. The third kappa shape index (κ3) is 5.37. The third-order valence-corrected chi connectivity index (χ3v) is 4.41. The molecular weight excluding hydrogens is 418 g/mol. The zero-order chi connectivity index (χ0) is 23.1. The van der Waals surface area contributed by atoms with E-state index >= 15 is 0 Å². The molecule has 1 N–H and O–H groups in total. The van der Waals surface area contributed by atoms with Crippen LogP contribution in [-0.4, -0.2) is 32.4 Å². The first kappa shape index (κ1) is 22.7. The molecule has 9 nitrogen and oxygen atoms in total. The lowest BCUT2D eigenvalue weighted by molar-refractivity contribution is 0.0473. The first-order valence-electron chi connectivity index (χ1n) is 9.93. The number of amides is 1. The number of methoxy groups -OCH3 is 1. The third-order valence-electron chi connectivity index (χ3n) is 4.41. The van der Waals surface area contributed by atoms with E-state index in [2.05, 4.69) is 5.32 Å². The molecule has 0 bridgehead atoms. The average molecular weight is 441 g/mol. The van der Waals surface area contributed by atoms with Crippen LogP contribution in [0.5, 0.6) is 11.5 Å². The lowest BCUT2D eigenvalue weighted by Gasteiger charge is -2.12. The van der Waals surface area contributed by atoms with Crippen molar-refractivity contribution in [1.29, 1.82) is 0 Å². The maximum absolute atomic E-state index is 12.6. The second-order valence-corrected chi connectivity index (χ2v) is 6.52. The summed E-state index contributed by atoms with van der Waals surface area (Å²) >= 11 is 0. The average Bonchev–Trinajstić information content (AvgIpc) is 2.77. The second kappa shape index (κ2) is 10.3. The Kier molecular flexibility index (Phi) is 7.33. The molecule has 3 rings (SSSR count). The Balaban J connectivity index is 1.80. The van der Waals surface area contributed by atoms with Crippen LogP contribution in [0.25, 0.3) is 11.0 Å². The zero-order valence-corrected chi connectivity index (χ0v) is 17.9. The number of anilines is 1. The van der Waals surface area contributed by atoms with Gasteiger partial charge in [0.25, 0.3) is 0 Å². The molecule has 0 aliphatic rings. The highest BCUT2D eigenvalue weighted by Crippen LogP contribution is 2.29. The largest absolute Gasteiger partial charge is 0.493 e. The van der Waals surface area contributed by atoms with Crippen LogP contribution in [-0.2, 0) is 16.1 Å². The summed E-state index contributed by atoms with van der Waals surface area (Å²) in [4.78, 5) is 36.1. The molecule has 9 heteroatoms. The van der Waals surface area contributed by atoms with Gasteiger partial charge in [0.15, 0.2) is 11.5 Å². The predicted octanol–water partition coefficient (Wildman–Crippen LogP) is 4.13. The molecule has 0 aliphatic carbocycles. The maximum Gasteiger partial charge on any atom is 0.411 e. The summed E-state index contributed by atoms with van der Waals surface area (Å²) in [5.41, 5.74) is 0.768. The quantitative estimate of drug-likeness (QED) is 0.410. The van der Waals surface area contributed by atoms with Gasteiger partial charge in [0.2, 0.25) is 0 Å². The van der Waals surface area contributed by atoms with E-state index in [4.69, 9.17) is 23.4 Å². The van der Waals surface area contributed by atoms with E-state index in [-0.39, 0.29) is 24.4 Å². The van der Waals surface area contributed by atoms with Crippen LogP contribution in [0.1, 0.15) is 29.8 Å². The molecule has 0 unspecified atom stereocenters. The second-order valence-electron chi connectivity index (χ2n) is 6.52. The van der Waals surface area contributed by atoms with Gasteiger partial charge in [-0.05, 0) is 44.2 Å². The molecule has 0 aliphatic heterocycles. The van der Waals surface area contributed by atoms with Gasteiger partial charge in [-0.25, -0.2) is 14.4 Å². The first-order valence-corrected chi connectivity index (χ1v) is 9.93. The van der Waals surface area contributed by atoms with Crippen molar-refractivity contribution >= 4 is 28.7 Å². The molecule has 0 saturated carbocycles. The van der Waals surface area contributed by atoms with E-state index in [9.17, 15) is 14.4 Å². The van der Waals surface area contributed by atoms with Gasteiger partial charge in [-0.1, -0.05) is 0 Å². The summed E-state index contributed by atoms with van der Waals surface area (Å²) in [7, 11) is 1.51. The molecule has 0 saturated heterocycles. The van der Waals surface area contributed by atoms with Crippen LogP contribution in [0.2, 0.25) is 0 Å². The Morgan fingerprint density at radius 3 is 2.50 bits per heavy atom. The Morgan fingerprint density at radius 1 is 0.969 bits per heavy atom. The van der Waals surface area contributed by atoms with Gasteiger partial charge in [0.05, 0.1) is 25.9 Å². The molecule has 168 valence electrons. The normalized spacial score (nSPS) is 10.5. The van der Waals surface area contributed by atoms with Crippen LogP contribution >= 0.6 is 0 Å². The van der Waals surface area contributed by atoms with Crippen molar-refractivity contribution < 1.29 is 33.0 Å². The number of hydrogen-bond acceptors (Lipinski definition) is 8. The number of esters is 1. The van der Waals surface area contributed by atoms with Crippen LogP contribution in [0, 0.1) is 0 Å². The number of nitrogens with one attached hydrogen (secondary N) is 1. The van der Waals surface area contributed by atoms with Gasteiger partial charge < -0.3 is 23.4 Å². The van der Waals surface area contributed by atoms with Crippen molar-refractivity contribution in [2.75, 3.05) is 25.6 Å². The van der Waals surface area contributed by atoms with Crippen molar-refractivity contribution in [1.82, 2.24) is 0 Å². The van der Waals surface area contributed by atoms with Crippen molar-refractivity contribution in [2.45, 2.75) is 20.5 Å². The molecule has 0 spiro atoms. The fourth-order valence-electron chi connectivity index (χ4n) is 3.01. The van der Waals surface area contributed by atoms with Gasteiger partial charge in [-0.15, -0.1) is 0 Å². The summed E-state index contributed by atoms with van der Waals surface area (Å²) in [6.07, 6.45) is -0.620. The lowest BCUT2D eigenvalue weighted by atomic mass is 10.1. The molecule has 1 heterocycles. The Hall–Kier alpha value is -4.01. The number of carbonyl (C=O) groups excluding carboxylic acids is 2. The molecule has 0 radical (unpaired) electrons. The molecule has 0 atom stereocenters. The van der Waals surface area contributed by atoms with Crippen LogP contribution in [0.15, 0.2) is 51.7 Å². The van der Waals surface area contributed by atoms with Crippen LogP contribution in [0.3, 0.4) is 0 Å². The fraction of sp³-hybridized carbons (Fsp3) is 0.261. The maximum atomic E-state index is 12.6. The molecule has 3 aromatic rings. The van der Waals surface area contributed by atoms with Crippen molar-refractivity contribution in [3.8, 4) is 11.5 Å². The summed E-state index contributed by atoms with van der Waals surface area (Å²) in [5, 5.41) is 3.11. The predicted molar refractivity (Wildman–Crippen MR) is 116 cm³/mol. The smallest absolute Gasteiger partial charge is 0.411 e. The van der Waals surface area contributed by atoms with E-state index in [0.717, 1.165) is 0 Å². The number of benzene rings is 2. The SMILES string of the molecule is CCOC(=O)Nc1ccc2c(COC(=O)c3ccc(OC)c(OCC)c3)cc(=O)oc2c1. The lowest BCUT2D eigenvalue weighted by Crippen LogP contribution is -2.13. The van der Waals surface area contributed by atoms with E-state index in [1.165, 1.54) is 25.3 Å². The monoisotopic (exact) mass is 441 g/mol. The highest BCUT2D eigenvalue weighted by Gasteiger charge is 2.15. The number of carbonyl (C=O) groups is 2. The number of rotatable bonds is 8. The van der Waals surface area contributed by atoms with Gasteiger partial charge >= 0.3 is 17.7 Å². The van der Waals surface area contributed by atoms with Crippen molar-refractivity contribution in [3.05, 3.63) is 64.0 Å². The molecule has 2 aromatic carbocycles. The minimum absolute atomic E-state index is 0.151. The summed E-state index contributed by atoms with van der Waals surface area (Å²) in [5.74, 6) is 0.342. The molecule has 1 amide bonds. The molecule has 0 fully saturated rings. The van der Waals surface area contributed by atoms with E-state index in [0.29, 0.717) is 34.7 Å². The van der Waals surface area contributed by atoms with Gasteiger partial charge in [-0.2, -0.15) is 0 Å². The van der Waals surface area contributed by atoms with Crippen molar-refractivity contribution in [2.24, 2.45) is 0 Å². The summed E-state index contributed by atoms with van der Waals surface area (Å²) < 4.78 is 26.2. The Labute approximate surface area is 183 Å². The molecule has 1 aromatic heterocycles. The van der Waals surface area contributed by atoms with Crippen molar-refractivity contribution in [3.63, 3.8) is 0 Å². The summed E-state index contributed by atoms with van der Waals surface area (Å²) in [6.45, 7) is 4.00. The highest BCUT2D eigenvalue weighted by atomic mass is 16.5. The Morgan fingerprint density at radius 2 is 1.78 bits per heavy atom. The topological polar surface area (TPSA) is 113 Å². The van der Waals surface area contributed by atoms with Crippen LogP contribution < -0.4 is 20.4 Å². The number of fused-ring (bicyclic) bond motifs is 1. The zero-order valence-electron chi connectivity index (χ0n) is 17.9. The standard InChI is InChI=1S/C23H23NO8/c1-4-29-20-10-14(6-9-18(20)28-3)22(26)31-13-15-11-21(25)32-19-12-16(7-8-17(15)19)24-23(27)30-5-2/h6-12H,4-5,13H2,1-3H3,(H,24,27). The first-order chi connectivity index (χ1) is 15.4. The number of ether oxygens (including phenoxy) is 4. The number of hydrogen-bond donors (Lipinski definition) is 1. The molecule has 32 heavy (non-hydrogen) atoms. The Bertz CT molecular complexity index is 1180. The van der Waals surface area contributed by atoms with Gasteiger partial charge in [0, 0.05) is 28.8 Å². The van der Waals surface area contributed by atoms with Gasteiger partial charge in [0.1, 0.15) is 12.2 Å². The summed E-state index contributed by atoms with van der Waals surface area (Å²) in [6, 6.07) is 10.8.